The summed E-state index contributed by atoms with van der Waals surface area (Å²) in [6.07, 6.45) is 3.70. The second-order valence-corrected chi connectivity index (χ2v) is 6.37. The molecule has 96 valence electrons. The van der Waals surface area contributed by atoms with E-state index in [0.717, 1.165) is 11.4 Å². The number of anilines is 1. The minimum atomic E-state index is 0.459. The first-order valence-electron chi connectivity index (χ1n) is 6.33. The molecule has 2 rings (SSSR count). The highest BCUT2D eigenvalue weighted by Gasteiger charge is 2.27. The fourth-order valence-electron chi connectivity index (χ4n) is 2.46. The lowest BCUT2D eigenvalue weighted by atomic mass is 10.1. The molecule has 1 aromatic rings. The summed E-state index contributed by atoms with van der Waals surface area (Å²) in [5.41, 5.74) is 1.44. The van der Waals surface area contributed by atoms with Gasteiger partial charge in [0.05, 0.1) is 16.3 Å². The number of hydrogen-bond acceptors (Lipinski definition) is 3. The Morgan fingerprint density at radius 1 is 1.50 bits per heavy atom. The molecule has 0 heterocycles. The van der Waals surface area contributed by atoms with Gasteiger partial charge in [0.25, 0.3) is 0 Å². The van der Waals surface area contributed by atoms with Crippen LogP contribution in [0.1, 0.15) is 31.7 Å². The van der Waals surface area contributed by atoms with Crippen molar-refractivity contribution in [3.63, 3.8) is 0 Å². The first-order chi connectivity index (χ1) is 8.76. The van der Waals surface area contributed by atoms with Crippen molar-refractivity contribution in [3.8, 4) is 6.07 Å². The van der Waals surface area contributed by atoms with Crippen LogP contribution in [-0.4, -0.2) is 17.0 Å². The van der Waals surface area contributed by atoms with E-state index in [-0.39, 0.29) is 0 Å². The molecule has 0 bridgehead atoms. The molecule has 0 spiro atoms. The first kappa shape index (κ1) is 13.6. The smallest absolute Gasteiger partial charge is 0.103 e. The maximum absolute atomic E-state index is 9.16. The quantitative estimate of drug-likeness (QED) is 0.893. The van der Waals surface area contributed by atoms with Gasteiger partial charge in [-0.15, -0.1) is 0 Å². The van der Waals surface area contributed by atoms with Gasteiger partial charge in [-0.05, 0) is 30.7 Å². The number of halogens is 1. The van der Waals surface area contributed by atoms with Crippen molar-refractivity contribution in [1.29, 1.82) is 5.26 Å². The fraction of sp³-hybridized carbons (Fsp3) is 0.500. The van der Waals surface area contributed by atoms with Crippen LogP contribution in [0.3, 0.4) is 0 Å². The van der Waals surface area contributed by atoms with Crippen molar-refractivity contribution < 1.29 is 0 Å². The largest absolute Gasteiger partial charge is 0.380 e. The molecule has 1 saturated carbocycles. The number of nitrogens with one attached hydrogen (secondary N) is 1. The zero-order valence-electron chi connectivity index (χ0n) is 10.4. The molecule has 0 amide bonds. The van der Waals surface area contributed by atoms with Crippen molar-refractivity contribution in [1.82, 2.24) is 0 Å². The second-order valence-electron chi connectivity index (χ2n) is 4.45. The maximum atomic E-state index is 9.16. The fourth-order valence-corrected chi connectivity index (χ4v) is 3.88. The van der Waals surface area contributed by atoms with Crippen LogP contribution >= 0.6 is 23.4 Å². The van der Waals surface area contributed by atoms with E-state index in [9.17, 15) is 0 Å². The molecule has 0 radical (unpaired) electrons. The number of benzene rings is 1. The standard InChI is InChI=1S/C14H17ClN2S/c1-2-18-14-8-4-7-13(14)17-12-6-3-5-11(15)10(12)9-16/h3,5-6,13-14,17H,2,4,7-8H2,1H3. The first-order valence-corrected chi connectivity index (χ1v) is 7.75. The highest BCUT2D eigenvalue weighted by Crippen LogP contribution is 2.33. The summed E-state index contributed by atoms with van der Waals surface area (Å²) in [7, 11) is 0. The van der Waals surface area contributed by atoms with Gasteiger partial charge < -0.3 is 5.32 Å². The number of hydrogen-bond donors (Lipinski definition) is 1. The number of rotatable bonds is 4. The van der Waals surface area contributed by atoms with E-state index >= 15 is 0 Å². The average molecular weight is 281 g/mol. The molecule has 1 aliphatic rings. The zero-order valence-corrected chi connectivity index (χ0v) is 12.0. The van der Waals surface area contributed by atoms with Crippen LogP contribution in [0.5, 0.6) is 0 Å². The molecule has 1 aromatic carbocycles. The molecular formula is C14H17ClN2S. The van der Waals surface area contributed by atoms with Gasteiger partial charge in [0.1, 0.15) is 6.07 Å². The Kier molecular flexibility index (Phi) is 4.79. The van der Waals surface area contributed by atoms with Gasteiger partial charge in [-0.3, -0.25) is 0 Å². The Morgan fingerprint density at radius 3 is 3.06 bits per heavy atom. The lowest BCUT2D eigenvalue weighted by Crippen LogP contribution is -2.26. The summed E-state index contributed by atoms with van der Waals surface area (Å²) in [6, 6.07) is 8.24. The van der Waals surface area contributed by atoms with Gasteiger partial charge >= 0.3 is 0 Å². The Morgan fingerprint density at radius 2 is 2.33 bits per heavy atom. The molecule has 2 nitrogen and oxygen atoms in total. The average Bonchev–Trinajstić information content (AvgIpc) is 2.78. The third-order valence-corrected chi connectivity index (χ3v) is 4.94. The van der Waals surface area contributed by atoms with E-state index in [1.807, 2.05) is 23.9 Å². The molecule has 4 heteroatoms. The van der Waals surface area contributed by atoms with E-state index in [1.165, 1.54) is 19.3 Å². The van der Waals surface area contributed by atoms with E-state index in [1.54, 1.807) is 6.07 Å². The van der Waals surface area contributed by atoms with Gasteiger partial charge in [-0.1, -0.05) is 31.0 Å². The minimum absolute atomic E-state index is 0.459. The predicted octanol–water partition coefficient (Wildman–Crippen LogP) is 4.30. The Labute approximate surface area is 118 Å². The number of nitrogens with zero attached hydrogens (tertiary/aromatic N) is 1. The van der Waals surface area contributed by atoms with Crippen LogP contribution in [0.25, 0.3) is 0 Å². The van der Waals surface area contributed by atoms with Crippen molar-refractivity contribution in [2.24, 2.45) is 0 Å². The van der Waals surface area contributed by atoms with Crippen LogP contribution in [0, 0.1) is 11.3 Å². The topological polar surface area (TPSA) is 35.8 Å². The van der Waals surface area contributed by atoms with Gasteiger partial charge in [0, 0.05) is 11.3 Å². The van der Waals surface area contributed by atoms with Gasteiger partial charge in [-0.25, -0.2) is 0 Å². The molecule has 1 aliphatic carbocycles. The van der Waals surface area contributed by atoms with Gasteiger partial charge in [-0.2, -0.15) is 17.0 Å². The minimum Gasteiger partial charge on any atom is -0.380 e. The third-order valence-electron chi connectivity index (χ3n) is 3.30. The van der Waals surface area contributed by atoms with Crippen LogP contribution in [0.4, 0.5) is 5.69 Å². The Balaban J connectivity index is 2.14. The summed E-state index contributed by atoms with van der Waals surface area (Å²) >= 11 is 8.05. The number of nitriles is 1. The molecule has 1 fully saturated rings. The molecule has 18 heavy (non-hydrogen) atoms. The molecule has 2 atom stereocenters. The van der Waals surface area contributed by atoms with Gasteiger partial charge in [0.2, 0.25) is 0 Å². The lowest BCUT2D eigenvalue weighted by Gasteiger charge is -2.22. The lowest BCUT2D eigenvalue weighted by molar-refractivity contribution is 0.767. The molecular weight excluding hydrogens is 264 g/mol. The summed E-state index contributed by atoms with van der Waals surface area (Å²) in [4.78, 5) is 0. The Bertz CT molecular complexity index is 456. The van der Waals surface area contributed by atoms with Crippen LogP contribution < -0.4 is 5.32 Å². The molecule has 1 N–H and O–H groups in total. The molecule has 0 aromatic heterocycles. The van der Waals surface area contributed by atoms with Gasteiger partial charge in [0.15, 0.2) is 0 Å². The summed E-state index contributed by atoms with van der Waals surface area (Å²) in [5.74, 6) is 1.14. The zero-order chi connectivity index (χ0) is 13.0. The highest BCUT2D eigenvalue weighted by molar-refractivity contribution is 7.99. The normalized spacial score (nSPS) is 22.7. The summed E-state index contributed by atoms with van der Waals surface area (Å²) in [5, 5.41) is 13.9. The highest BCUT2D eigenvalue weighted by atomic mass is 35.5. The monoisotopic (exact) mass is 280 g/mol. The van der Waals surface area contributed by atoms with Crippen LogP contribution in [0.15, 0.2) is 18.2 Å². The van der Waals surface area contributed by atoms with E-state index in [2.05, 4.69) is 18.3 Å². The van der Waals surface area contributed by atoms with Crippen LogP contribution in [0.2, 0.25) is 5.02 Å². The molecule has 2 unspecified atom stereocenters. The van der Waals surface area contributed by atoms with Crippen molar-refractivity contribution in [3.05, 3.63) is 28.8 Å². The SMILES string of the molecule is CCSC1CCCC1Nc1cccc(Cl)c1C#N. The summed E-state index contributed by atoms with van der Waals surface area (Å²) < 4.78 is 0. The van der Waals surface area contributed by atoms with Crippen molar-refractivity contribution in [2.45, 2.75) is 37.5 Å². The third kappa shape index (κ3) is 2.93. The predicted molar refractivity (Wildman–Crippen MR) is 79.3 cm³/mol. The van der Waals surface area contributed by atoms with Crippen molar-refractivity contribution in [2.75, 3.05) is 11.1 Å². The maximum Gasteiger partial charge on any atom is 0.103 e. The summed E-state index contributed by atoms with van der Waals surface area (Å²) in [6.45, 7) is 2.19. The van der Waals surface area contributed by atoms with E-state index < -0.39 is 0 Å². The molecule has 0 saturated heterocycles. The van der Waals surface area contributed by atoms with Crippen LogP contribution in [-0.2, 0) is 0 Å². The van der Waals surface area contributed by atoms with E-state index in [4.69, 9.17) is 16.9 Å². The Hall–Kier alpha value is -0.850. The van der Waals surface area contributed by atoms with Crippen molar-refractivity contribution >= 4 is 29.1 Å². The second kappa shape index (κ2) is 6.36. The molecule has 0 aliphatic heterocycles. The number of thioether (sulfide) groups is 1. The van der Waals surface area contributed by atoms with E-state index in [0.29, 0.717) is 21.9 Å².